The van der Waals surface area contributed by atoms with Crippen LogP contribution in [0, 0.1) is 15.9 Å². The number of nitro groups is 1. The van der Waals surface area contributed by atoms with Gasteiger partial charge in [-0.3, -0.25) is 14.9 Å². The van der Waals surface area contributed by atoms with Crippen molar-refractivity contribution in [2.45, 2.75) is 6.61 Å². The maximum atomic E-state index is 13.6. The molecule has 0 heterocycles. The van der Waals surface area contributed by atoms with Crippen LogP contribution in [0.3, 0.4) is 0 Å². The molecule has 0 fully saturated rings. The summed E-state index contributed by atoms with van der Waals surface area (Å²) in [6.45, 7) is -0.0534. The van der Waals surface area contributed by atoms with Gasteiger partial charge in [0.05, 0.1) is 12.0 Å². The van der Waals surface area contributed by atoms with E-state index in [1.54, 1.807) is 6.07 Å². The normalized spacial score (nSPS) is 10.1. The monoisotopic (exact) mass is 305 g/mol. The highest BCUT2D eigenvalue weighted by Gasteiger charge is 2.16. The number of carbonyl (C=O) groups is 1. The predicted molar refractivity (Wildman–Crippen MR) is 75.8 cm³/mol. The van der Waals surface area contributed by atoms with E-state index in [2.05, 4.69) is 0 Å². The molecule has 0 amide bonds. The summed E-state index contributed by atoms with van der Waals surface area (Å²) >= 11 is 0. The molecule has 0 saturated heterocycles. The van der Waals surface area contributed by atoms with Gasteiger partial charge in [0.1, 0.15) is 12.9 Å². The molecular weight excluding hydrogens is 293 g/mol. The fourth-order valence-corrected chi connectivity index (χ4v) is 1.83. The van der Waals surface area contributed by atoms with Gasteiger partial charge in [-0.05, 0) is 29.8 Å². The Hall–Kier alpha value is -2.96. The average Bonchev–Trinajstić information content (AvgIpc) is 2.52. The summed E-state index contributed by atoms with van der Waals surface area (Å²) in [6, 6.07) is 8.12. The van der Waals surface area contributed by atoms with Crippen molar-refractivity contribution in [2.24, 2.45) is 0 Å². The number of ether oxygens (including phenoxy) is 2. The number of halogens is 1. The summed E-state index contributed by atoms with van der Waals surface area (Å²) in [5, 5.41) is 11.0. The summed E-state index contributed by atoms with van der Waals surface area (Å²) in [7, 11) is 1.35. The van der Waals surface area contributed by atoms with Gasteiger partial charge in [-0.2, -0.15) is 0 Å². The Kier molecular flexibility index (Phi) is 4.67. The average molecular weight is 305 g/mol. The van der Waals surface area contributed by atoms with E-state index < -0.39 is 10.7 Å². The zero-order valence-corrected chi connectivity index (χ0v) is 11.6. The van der Waals surface area contributed by atoms with Gasteiger partial charge < -0.3 is 9.47 Å². The molecule has 0 aliphatic rings. The Morgan fingerprint density at radius 1 is 1.23 bits per heavy atom. The topological polar surface area (TPSA) is 78.7 Å². The lowest BCUT2D eigenvalue weighted by molar-refractivity contribution is -0.386. The summed E-state index contributed by atoms with van der Waals surface area (Å²) in [5.41, 5.74) is 0.347. The number of methoxy groups -OCH3 is 1. The second-order valence-corrected chi connectivity index (χ2v) is 4.36. The first-order chi connectivity index (χ1) is 10.5. The van der Waals surface area contributed by atoms with Crippen LogP contribution < -0.4 is 9.47 Å². The van der Waals surface area contributed by atoms with Crippen LogP contribution in [0.2, 0.25) is 0 Å². The van der Waals surface area contributed by atoms with Crippen LogP contribution in [0.1, 0.15) is 15.9 Å². The van der Waals surface area contributed by atoms with Crippen LogP contribution in [0.4, 0.5) is 10.1 Å². The molecule has 2 aromatic rings. The Morgan fingerprint density at radius 3 is 2.55 bits per heavy atom. The van der Waals surface area contributed by atoms with E-state index in [1.807, 2.05) is 0 Å². The van der Waals surface area contributed by atoms with Gasteiger partial charge in [0.25, 0.3) is 0 Å². The first-order valence-electron chi connectivity index (χ1n) is 6.24. The molecule has 114 valence electrons. The summed E-state index contributed by atoms with van der Waals surface area (Å²) < 4.78 is 23.7. The van der Waals surface area contributed by atoms with Crippen molar-refractivity contribution in [2.75, 3.05) is 7.11 Å². The molecule has 0 aromatic heterocycles. The van der Waals surface area contributed by atoms with Crippen molar-refractivity contribution in [3.05, 3.63) is 63.5 Å². The molecule has 22 heavy (non-hydrogen) atoms. The lowest BCUT2D eigenvalue weighted by Crippen LogP contribution is -2.01. The maximum absolute atomic E-state index is 13.6. The van der Waals surface area contributed by atoms with Gasteiger partial charge >= 0.3 is 5.69 Å². The van der Waals surface area contributed by atoms with E-state index in [9.17, 15) is 19.3 Å². The minimum absolute atomic E-state index is 0.00632. The lowest BCUT2D eigenvalue weighted by atomic mass is 10.2. The first-order valence-corrected chi connectivity index (χ1v) is 6.24. The number of carbonyl (C=O) groups excluding carboxylic acids is 1. The van der Waals surface area contributed by atoms with E-state index in [1.165, 1.54) is 31.4 Å². The molecule has 0 N–H and O–H groups in total. The third-order valence-electron chi connectivity index (χ3n) is 2.93. The zero-order chi connectivity index (χ0) is 16.1. The highest BCUT2D eigenvalue weighted by molar-refractivity contribution is 5.77. The number of nitro benzene ring substituents is 1. The van der Waals surface area contributed by atoms with Gasteiger partial charge in [0.15, 0.2) is 17.3 Å². The number of rotatable bonds is 6. The standard InChI is InChI=1S/C15H12FNO5/c1-21-14-4-3-11(6-12(14)16)9-22-15-5-2-10(8-18)7-13(15)17(19)20/h2-8H,9H2,1H3. The van der Waals surface area contributed by atoms with Crippen LogP contribution in [-0.4, -0.2) is 18.3 Å². The Morgan fingerprint density at radius 2 is 1.95 bits per heavy atom. The van der Waals surface area contributed by atoms with Crippen LogP contribution in [-0.2, 0) is 6.61 Å². The molecule has 0 unspecified atom stereocenters. The number of hydrogen-bond donors (Lipinski definition) is 0. The molecule has 7 heteroatoms. The highest BCUT2D eigenvalue weighted by Crippen LogP contribution is 2.28. The van der Waals surface area contributed by atoms with Crippen molar-refractivity contribution in [1.82, 2.24) is 0 Å². The summed E-state index contributed by atoms with van der Waals surface area (Å²) in [5.74, 6) is -0.439. The van der Waals surface area contributed by atoms with Gasteiger partial charge in [0.2, 0.25) is 0 Å². The van der Waals surface area contributed by atoms with E-state index in [4.69, 9.17) is 9.47 Å². The fourth-order valence-electron chi connectivity index (χ4n) is 1.83. The van der Waals surface area contributed by atoms with Gasteiger partial charge in [-0.15, -0.1) is 0 Å². The van der Waals surface area contributed by atoms with Crippen molar-refractivity contribution < 1.29 is 23.6 Å². The first kappa shape index (κ1) is 15.4. The summed E-state index contributed by atoms with van der Waals surface area (Å²) in [4.78, 5) is 21.0. The molecule has 0 bridgehead atoms. The molecule has 6 nitrogen and oxygen atoms in total. The smallest absolute Gasteiger partial charge is 0.311 e. The van der Waals surface area contributed by atoms with E-state index >= 15 is 0 Å². The molecule has 0 saturated carbocycles. The van der Waals surface area contributed by atoms with E-state index in [-0.39, 0.29) is 29.4 Å². The molecule has 0 spiro atoms. The minimum atomic E-state index is -0.642. The molecule has 0 aliphatic carbocycles. The molecule has 2 rings (SSSR count). The third-order valence-corrected chi connectivity index (χ3v) is 2.93. The lowest BCUT2D eigenvalue weighted by Gasteiger charge is -2.08. The van der Waals surface area contributed by atoms with E-state index in [0.29, 0.717) is 11.8 Å². The van der Waals surface area contributed by atoms with Crippen molar-refractivity contribution in [1.29, 1.82) is 0 Å². The van der Waals surface area contributed by atoms with Crippen molar-refractivity contribution >= 4 is 12.0 Å². The second-order valence-electron chi connectivity index (χ2n) is 4.36. The zero-order valence-electron chi connectivity index (χ0n) is 11.6. The van der Waals surface area contributed by atoms with Crippen LogP contribution in [0.5, 0.6) is 11.5 Å². The SMILES string of the molecule is COc1ccc(COc2ccc(C=O)cc2[N+](=O)[O-])cc1F. The van der Waals surface area contributed by atoms with Crippen LogP contribution >= 0.6 is 0 Å². The molecule has 2 aromatic carbocycles. The highest BCUT2D eigenvalue weighted by atomic mass is 19.1. The summed E-state index contributed by atoms with van der Waals surface area (Å²) in [6.07, 6.45) is 0.510. The van der Waals surface area contributed by atoms with Gasteiger partial charge in [0, 0.05) is 11.6 Å². The quantitative estimate of drug-likeness (QED) is 0.465. The molecule has 0 atom stereocenters. The Labute approximate surface area is 125 Å². The van der Waals surface area contributed by atoms with E-state index in [0.717, 1.165) is 6.07 Å². The molecule has 0 radical (unpaired) electrons. The van der Waals surface area contributed by atoms with Crippen LogP contribution in [0.25, 0.3) is 0 Å². The third kappa shape index (κ3) is 3.38. The second kappa shape index (κ2) is 6.66. The number of benzene rings is 2. The fraction of sp³-hybridized carbons (Fsp3) is 0.133. The maximum Gasteiger partial charge on any atom is 0.311 e. The molecule has 0 aliphatic heterocycles. The number of nitrogens with zero attached hydrogens (tertiary/aromatic N) is 1. The van der Waals surface area contributed by atoms with Gasteiger partial charge in [-0.25, -0.2) is 4.39 Å². The Balaban J connectivity index is 2.19. The largest absolute Gasteiger partial charge is 0.494 e. The molecular formula is C15H12FNO5. The van der Waals surface area contributed by atoms with Gasteiger partial charge in [-0.1, -0.05) is 6.07 Å². The van der Waals surface area contributed by atoms with Crippen molar-refractivity contribution in [3.63, 3.8) is 0 Å². The number of aldehydes is 1. The van der Waals surface area contributed by atoms with Crippen molar-refractivity contribution in [3.8, 4) is 11.5 Å². The Bertz CT molecular complexity index is 717. The number of hydrogen-bond acceptors (Lipinski definition) is 5. The minimum Gasteiger partial charge on any atom is -0.494 e. The van der Waals surface area contributed by atoms with Crippen LogP contribution in [0.15, 0.2) is 36.4 Å². The predicted octanol–water partition coefficient (Wildman–Crippen LogP) is 3.13.